The van der Waals surface area contributed by atoms with Gasteiger partial charge >= 0.3 is 6.09 Å². The zero-order valence-corrected chi connectivity index (χ0v) is 19.9. The highest BCUT2D eigenvalue weighted by Gasteiger charge is 2.27. The molecule has 0 spiro atoms. The van der Waals surface area contributed by atoms with Crippen LogP contribution < -0.4 is 16.4 Å². The van der Waals surface area contributed by atoms with Crippen molar-refractivity contribution in [3.05, 3.63) is 100 Å². The highest BCUT2D eigenvalue weighted by molar-refractivity contribution is 9.10. The fourth-order valence-electron chi connectivity index (χ4n) is 3.25. The Labute approximate surface area is 206 Å². The molecule has 0 saturated heterocycles. The van der Waals surface area contributed by atoms with Gasteiger partial charge in [0.25, 0.3) is 0 Å². The van der Waals surface area contributed by atoms with Crippen LogP contribution in [0.4, 0.5) is 4.79 Å². The van der Waals surface area contributed by atoms with E-state index in [4.69, 9.17) is 10.5 Å². The summed E-state index contributed by atoms with van der Waals surface area (Å²) >= 11 is 3.33. The van der Waals surface area contributed by atoms with Crippen molar-refractivity contribution in [3.63, 3.8) is 0 Å². The van der Waals surface area contributed by atoms with Crippen molar-refractivity contribution in [1.29, 1.82) is 0 Å². The van der Waals surface area contributed by atoms with Gasteiger partial charge in [-0.05, 0) is 38.7 Å². The molecule has 9 heteroatoms. The Morgan fingerprint density at radius 3 is 2.12 bits per heavy atom. The van der Waals surface area contributed by atoms with Crippen LogP contribution in [0.5, 0.6) is 0 Å². The van der Waals surface area contributed by atoms with Crippen molar-refractivity contribution in [1.82, 2.24) is 15.6 Å². The third kappa shape index (κ3) is 7.70. The summed E-state index contributed by atoms with van der Waals surface area (Å²) in [6.07, 6.45) is 1.21. The maximum Gasteiger partial charge on any atom is 0.408 e. The van der Waals surface area contributed by atoms with Crippen molar-refractivity contribution in [2.24, 2.45) is 5.73 Å². The molecule has 0 bridgehead atoms. The van der Waals surface area contributed by atoms with Gasteiger partial charge in [0.1, 0.15) is 23.3 Å². The molecule has 0 saturated carbocycles. The third-order valence-electron chi connectivity index (χ3n) is 5.02. The minimum atomic E-state index is -0.992. The molecule has 0 unspecified atom stereocenters. The summed E-state index contributed by atoms with van der Waals surface area (Å²) in [7, 11) is 0. The maximum absolute atomic E-state index is 13.1. The van der Waals surface area contributed by atoms with E-state index in [-0.39, 0.29) is 19.4 Å². The van der Waals surface area contributed by atoms with E-state index in [2.05, 4.69) is 31.5 Å². The van der Waals surface area contributed by atoms with Gasteiger partial charge in [0.05, 0.1) is 0 Å². The lowest BCUT2D eigenvalue weighted by Crippen LogP contribution is -2.54. The van der Waals surface area contributed by atoms with E-state index in [1.807, 2.05) is 60.7 Å². The molecule has 0 aliphatic heterocycles. The van der Waals surface area contributed by atoms with Gasteiger partial charge in [0, 0.05) is 19.0 Å². The zero-order valence-electron chi connectivity index (χ0n) is 18.3. The van der Waals surface area contributed by atoms with E-state index in [1.165, 1.54) is 0 Å². The number of aromatic nitrogens is 1. The second kappa shape index (κ2) is 12.5. The van der Waals surface area contributed by atoms with Crippen molar-refractivity contribution in [3.8, 4) is 0 Å². The number of nitrogens with zero attached hydrogens (tertiary/aromatic N) is 1. The van der Waals surface area contributed by atoms with Gasteiger partial charge in [0.2, 0.25) is 11.8 Å². The van der Waals surface area contributed by atoms with Crippen LogP contribution in [0, 0.1) is 0 Å². The number of rotatable bonds is 10. The van der Waals surface area contributed by atoms with Crippen LogP contribution in [0.15, 0.2) is 83.6 Å². The summed E-state index contributed by atoms with van der Waals surface area (Å²) in [6, 6.07) is 19.9. The number of alkyl carbamates (subject to hydrolysis) is 1. The molecule has 2 atom stereocenters. The van der Waals surface area contributed by atoms with Crippen LogP contribution in [0.1, 0.15) is 16.7 Å². The standard InChI is InChI=1S/C25H25BrN4O4/c26-22-19(12-7-13-28-22)15-20(23(27)31)29-24(32)21(14-17-8-3-1-4-9-17)30-25(33)34-16-18-10-5-2-6-11-18/h1-13,20-21H,14-16H2,(H2,27,31)(H,29,32)(H,30,33)/t20-,21+/m0/s1. The number of hydrogen-bond donors (Lipinski definition) is 3. The Hall–Kier alpha value is -3.72. The van der Waals surface area contributed by atoms with E-state index < -0.39 is 30.0 Å². The molecule has 1 heterocycles. The quantitative estimate of drug-likeness (QED) is 0.352. The molecule has 4 N–H and O–H groups in total. The number of carbonyl (C=O) groups excluding carboxylic acids is 3. The number of hydrogen-bond acceptors (Lipinski definition) is 5. The van der Waals surface area contributed by atoms with E-state index in [1.54, 1.807) is 18.3 Å². The Morgan fingerprint density at radius 2 is 1.50 bits per heavy atom. The van der Waals surface area contributed by atoms with Crippen LogP contribution in [-0.4, -0.2) is 35.0 Å². The summed E-state index contributed by atoms with van der Waals surface area (Å²) in [4.78, 5) is 41.8. The lowest BCUT2D eigenvalue weighted by molar-refractivity contribution is -0.128. The normalized spacial score (nSPS) is 12.3. The zero-order chi connectivity index (χ0) is 24.3. The molecule has 2 aromatic carbocycles. The van der Waals surface area contributed by atoms with Gasteiger partial charge in [-0.3, -0.25) is 9.59 Å². The molecule has 3 amide bonds. The van der Waals surface area contributed by atoms with Crippen LogP contribution in [0.3, 0.4) is 0 Å². The molecule has 0 radical (unpaired) electrons. The van der Waals surface area contributed by atoms with Crippen LogP contribution in [0.2, 0.25) is 0 Å². The lowest BCUT2D eigenvalue weighted by Gasteiger charge is -2.22. The third-order valence-corrected chi connectivity index (χ3v) is 5.74. The number of nitrogens with one attached hydrogen (secondary N) is 2. The summed E-state index contributed by atoms with van der Waals surface area (Å²) in [6.45, 7) is 0.0608. The minimum absolute atomic E-state index is 0.0608. The second-order valence-corrected chi connectivity index (χ2v) is 8.32. The first-order valence-electron chi connectivity index (χ1n) is 10.6. The number of amides is 3. The molecule has 8 nitrogen and oxygen atoms in total. The summed E-state index contributed by atoms with van der Waals surface area (Å²) in [5, 5.41) is 5.27. The highest BCUT2D eigenvalue weighted by Crippen LogP contribution is 2.15. The van der Waals surface area contributed by atoms with Crippen molar-refractivity contribution < 1.29 is 19.1 Å². The molecule has 3 aromatic rings. The number of halogens is 1. The van der Waals surface area contributed by atoms with E-state index in [0.29, 0.717) is 10.2 Å². The molecule has 34 heavy (non-hydrogen) atoms. The lowest BCUT2D eigenvalue weighted by atomic mass is 10.0. The Morgan fingerprint density at radius 1 is 0.853 bits per heavy atom. The Bertz CT molecular complexity index is 1110. The molecule has 0 aliphatic carbocycles. The average molecular weight is 525 g/mol. The maximum atomic E-state index is 13.1. The van der Waals surface area contributed by atoms with Gasteiger partial charge in [-0.1, -0.05) is 66.7 Å². The van der Waals surface area contributed by atoms with Gasteiger partial charge in [-0.15, -0.1) is 0 Å². The van der Waals surface area contributed by atoms with Crippen molar-refractivity contribution in [2.45, 2.75) is 31.5 Å². The predicted octanol–water partition coefficient (Wildman–Crippen LogP) is 2.89. The second-order valence-electron chi connectivity index (χ2n) is 7.57. The summed E-state index contributed by atoms with van der Waals surface area (Å²) < 4.78 is 5.83. The Kier molecular flexibility index (Phi) is 9.16. The van der Waals surface area contributed by atoms with Gasteiger partial charge in [-0.2, -0.15) is 0 Å². The smallest absolute Gasteiger partial charge is 0.408 e. The average Bonchev–Trinajstić information content (AvgIpc) is 2.84. The topological polar surface area (TPSA) is 123 Å². The first-order valence-corrected chi connectivity index (χ1v) is 11.4. The van der Waals surface area contributed by atoms with E-state index in [9.17, 15) is 14.4 Å². The SMILES string of the molecule is NC(=O)[C@H](Cc1cccnc1Br)NC(=O)[C@@H](Cc1ccccc1)NC(=O)OCc1ccccc1. The monoisotopic (exact) mass is 524 g/mol. The number of nitrogens with two attached hydrogens (primary N) is 1. The summed E-state index contributed by atoms with van der Waals surface area (Å²) in [5.41, 5.74) is 7.90. The van der Waals surface area contributed by atoms with Crippen molar-refractivity contribution in [2.75, 3.05) is 0 Å². The fourth-order valence-corrected chi connectivity index (χ4v) is 3.66. The fraction of sp³-hybridized carbons (Fsp3) is 0.200. The van der Waals surface area contributed by atoms with Gasteiger partial charge < -0.3 is 21.1 Å². The van der Waals surface area contributed by atoms with Crippen LogP contribution >= 0.6 is 15.9 Å². The minimum Gasteiger partial charge on any atom is -0.445 e. The Balaban J connectivity index is 1.70. The first kappa shape index (κ1) is 24.9. The molecule has 176 valence electrons. The highest BCUT2D eigenvalue weighted by atomic mass is 79.9. The van der Waals surface area contributed by atoms with Crippen LogP contribution in [-0.2, 0) is 33.8 Å². The number of benzene rings is 2. The van der Waals surface area contributed by atoms with Gasteiger partial charge in [-0.25, -0.2) is 9.78 Å². The van der Waals surface area contributed by atoms with Crippen LogP contribution in [0.25, 0.3) is 0 Å². The van der Waals surface area contributed by atoms with E-state index in [0.717, 1.165) is 11.1 Å². The number of pyridine rings is 1. The van der Waals surface area contributed by atoms with Crippen molar-refractivity contribution >= 4 is 33.8 Å². The summed E-state index contributed by atoms with van der Waals surface area (Å²) in [5.74, 6) is -1.25. The largest absolute Gasteiger partial charge is 0.445 e. The first-order chi connectivity index (χ1) is 16.4. The number of primary amides is 1. The molecular weight excluding hydrogens is 500 g/mol. The molecular formula is C25H25BrN4O4. The number of carbonyl (C=O) groups is 3. The van der Waals surface area contributed by atoms with Gasteiger partial charge in [0.15, 0.2) is 0 Å². The predicted molar refractivity (Wildman–Crippen MR) is 130 cm³/mol. The number of ether oxygens (including phenoxy) is 1. The molecule has 0 aliphatic rings. The van der Waals surface area contributed by atoms with E-state index >= 15 is 0 Å². The molecule has 3 rings (SSSR count). The molecule has 1 aromatic heterocycles. The molecule has 0 fully saturated rings.